The van der Waals surface area contributed by atoms with Gasteiger partial charge in [-0.15, -0.1) is 0 Å². The van der Waals surface area contributed by atoms with E-state index in [2.05, 4.69) is 49.4 Å². The molecule has 0 heterocycles. The molecule has 3 aromatic rings. The lowest BCUT2D eigenvalue weighted by atomic mass is 9.76. The number of ketones is 1. The molecular weight excluding hydrogens is 366 g/mol. The lowest BCUT2D eigenvalue weighted by Crippen LogP contribution is -2.28. The number of nitrogens with two attached hydrogens (primary N) is 1. The number of hydrogen-bond donors (Lipinski definition) is 1. The van der Waals surface area contributed by atoms with Gasteiger partial charge < -0.3 is 5.73 Å². The van der Waals surface area contributed by atoms with E-state index in [1.54, 1.807) is 0 Å². The van der Waals surface area contributed by atoms with Crippen molar-refractivity contribution in [2.24, 2.45) is 0 Å². The lowest BCUT2D eigenvalue weighted by molar-refractivity contribution is 0.105. The minimum absolute atomic E-state index is 0.145. The second kappa shape index (κ2) is 7.60. The minimum atomic E-state index is 0.145. The second-order valence-electron chi connectivity index (χ2n) is 8.50. The molecule has 2 aliphatic rings. The Kier molecular flexibility index (Phi) is 4.78. The van der Waals surface area contributed by atoms with Gasteiger partial charge in [0, 0.05) is 16.8 Å². The first-order chi connectivity index (χ1) is 14.7. The fraction of sp³-hybridized carbons (Fsp3) is 0.250. The molecule has 0 bridgehead atoms. The van der Waals surface area contributed by atoms with Gasteiger partial charge in [-0.1, -0.05) is 55.8 Å². The van der Waals surface area contributed by atoms with Crippen LogP contribution in [0, 0.1) is 10.4 Å². The van der Waals surface area contributed by atoms with E-state index in [-0.39, 0.29) is 5.78 Å². The molecule has 1 unspecified atom stereocenters. The zero-order chi connectivity index (χ0) is 20.7. The average molecular weight is 394 g/mol. The number of Topliss-reactive ketones (excluding diaryl/α,β-unsaturated/α-hetero) is 1. The summed E-state index contributed by atoms with van der Waals surface area (Å²) in [6.07, 6.45) is 7.52. The number of carbonyl (C=O) groups is 1. The molecule has 2 aliphatic carbocycles. The highest BCUT2D eigenvalue weighted by Gasteiger charge is 2.26. The zero-order valence-corrected chi connectivity index (χ0v) is 17.4. The van der Waals surface area contributed by atoms with Crippen LogP contribution in [0.1, 0.15) is 60.0 Å². The number of carbonyl (C=O) groups excluding carboxylic acids is 1. The first-order valence-electron chi connectivity index (χ1n) is 11.0. The predicted molar refractivity (Wildman–Crippen MR) is 123 cm³/mol. The van der Waals surface area contributed by atoms with E-state index < -0.39 is 0 Å². The fourth-order valence-corrected chi connectivity index (χ4v) is 5.28. The topological polar surface area (TPSA) is 43.1 Å². The van der Waals surface area contributed by atoms with E-state index >= 15 is 0 Å². The molecule has 0 amide bonds. The summed E-state index contributed by atoms with van der Waals surface area (Å²) in [5.41, 5.74) is 11.1. The third-order valence-electron chi connectivity index (χ3n) is 6.69. The van der Waals surface area contributed by atoms with Crippen molar-refractivity contribution in [3.63, 3.8) is 0 Å². The molecule has 0 radical (unpaired) electrons. The van der Waals surface area contributed by atoms with Crippen LogP contribution in [0.3, 0.4) is 0 Å². The van der Waals surface area contributed by atoms with E-state index in [1.807, 2.05) is 24.3 Å². The number of benzene rings is 3. The van der Waals surface area contributed by atoms with Crippen molar-refractivity contribution in [3.05, 3.63) is 98.2 Å². The number of fused-ring (bicyclic) bond motifs is 4. The summed E-state index contributed by atoms with van der Waals surface area (Å²) in [5.74, 6) is 0.674. The largest absolute Gasteiger partial charge is 0.399 e. The molecule has 0 spiro atoms. The van der Waals surface area contributed by atoms with Crippen molar-refractivity contribution in [3.8, 4) is 0 Å². The van der Waals surface area contributed by atoms with Crippen molar-refractivity contribution in [1.82, 2.24) is 0 Å². The maximum Gasteiger partial charge on any atom is 0.189 e. The number of hydrogen-bond acceptors (Lipinski definition) is 2. The number of anilines is 1. The van der Waals surface area contributed by atoms with Crippen LogP contribution in [0.2, 0.25) is 0 Å². The summed E-state index contributed by atoms with van der Waals surface area (Å²) in [4.78, 5) is 13.4. The maximum absolute atomic E-state index is 13.4. The predicted octanol–water partition coefficient (Wildman–Crippen LogP) is 4.60. The van der Waals surface area contributed by atoms with E-state index in [0.717, 1.165) is 36.8 Å². The Balaban J connectivity index is 1.80. The monoisotopic (exact) mass is 393 g/mol. The second-order valence-corrected chi connectivity index (χ2v) is 8.50. The molecule has 0 aromatic heterocycles. The Morgan fingerprint density at radius 3 is 2.53 bits per heavy atom. The van der Waals surface area contributed by atoms with E-state index in [0.29, 0.717) is 11.6 Å². The normalized spacial score (nSPS) is 16.8. The van der Waals surface area contributed by atoms with Gasteiger partial charge in [0.05, 0.1) is 0 Å². The Bertz CT molecular complexity index is 1350. The molecule has 150 valence electrons. The summed E-state index contributed by atoms with van der Waals surface area (Å²) in [6.45, 7) is 2.26. The van der Waals surface area contributed by atoms with E-state index in [1.165, 1.54) is 38.4 Å². The summed E-state index contributed by atoms with van der Waals surface area (Å²) in [7, 11) is 0. The maximum atomic E-state index is 13.4. The molecule has 0 saturated carbocycles. The Morgan fingerprint density at radius 2 is 1.73 bits per heavy atom. The van der Waals surface area contributed by atoms with Crippen LogP contribution in [0.4, 0.5) is 5.69 Å². The van der Waals surface area contributed by atoms with Gasteiger partial charge in [-0.25, -0.2) is 0 Å². The standard InChI is InChI=1S/C28H27NO/c1-2-5-19-11-15-26(28(30)20-8-12-21(29)13-9-20)25-17-16-23-22-7-4-3-6-18(22)10-14-24(23)27(19)25/h3-4,6-10,12-13,16-17,19H,2,5,11,14-15,29H2,1H3. The van der Waals surface area contributed by atoms with E-state index in [9.17, 15) is 4.79 Å². The number of rotatable bonds is 4. The molecule has 0 aliphatic heterocycles. The zero-order valence-electron chi connectivity index (χ0n) is 17.4. The molecule has 0 fully saturated rings. The van der Waals surface area contributed by atoms with Gasteiger partial charge in [0.25, 0.3) is 0 Å². The van der Waals surface area contributed by atoms with Gasteiger partial charge in [0.15, 0.2) is 5.78 Å². The molecule has 2 heteroatoms. The Labute approximate surface area is 177 Å². The highest BCUT2D eigenvalue weighted by atomic mass is 16.1. The molecule has 1 atom stereocenters. The third-order valence-corrected chi connectivity index (χ3v) is 6.69. The van der Waals surface area contributed by atoms with Crippen molar-refractivity contribution < 1.29 is 4.79 Å². The summed E-state index contributed by atoms with van der Waals surface area (Å²) >= 11 is 0. The highest BCUT2D eigenvalue weighted by molar-refractivity contribution is 6.24. The molecular formula is C28H27NO. The summed E-state index contributed by atoms with van der Waals surface area (Å²) in [5, 5.41) is 5.14. The smallest absolute Gasteiger partial charge is 0.189 e. The van der Waals surface area contributed by atoms with Crippen molar-refractivity contribution in [2.75, 3.05) is 5.73 Å². The molecule has 30 heavy (non-hydrogen) atoms. The van der Waals surface area contributed by atoms with Crippen LogP contribution >= 0.6 is 0 Å². The summed E-state index contributed by atoms with van der Waals surface area (Å²) in [6, 6.07) is 20.4. The van der Waals surface area contributed by atoms with Crippen molar-refractivity contribution in [1.29, 1.82) is 0 Å². The molecule has 2 N–H and O–H groups in total. The quantitative estimate of drug-likeness (QED) is 0.520. The van der Waals surface area contributed by atoms with Crippen LogP contribution in [0.5, 0.6) is 0 Å². The van der Waals surface area contributed by atoms with E-state index in [4.69, 9.17) is 5.73 Å². The Morgan fingerprint density at radius 1 is 0.967 bits per heavy atom. The van der Waals surface area contributed by atoms with Gasteiger partial charge in [-0.2, -0.15) is 0 Å². The van der Waals surface area contributed by atoms with Gasteiger partial charge in [0.1, 0.15) is 0 Å². The summed E-state index contributed by atoms with van der Waals surface area (Å²) < 4.78 is 0. The Hall–Kier alpha value is -3.13. The van der Waals surface area contributed by atoms with Crippen molar-refractivity contribution in [2.45, 2.75) is 44.9 Å². The van der Waals surface area contributed by atoms with Crippen LogP contribution in [-0.4, -0.2) is 5.78 Å². The molecule has 3 aromatic carbocycles. The highest BCUT2D eigenvalue weighted by Crippen LogP contribution is 2.34. The minimum Gasteiger partial charge on any atom is -0.399 e. The molecule has 0 saturated heterocycles. The first-order valence-corrected chi connectivity index (χ1v) is 11.0. The van der Waals surface area contributed by atoms with Gasteiger partial charge in [-0.3, -0.25) is 4.79 Å². The molecule has 5 rings (SSSR count). The van der Waals surface area contributed by atoms with Gasteiger partial charge in [0.2, 0.25) is 0 Å². The molecule has 2 nitrogen and oxygen atoms in total. The third kappa shape index (κ3) is 3.08. The van der Waals surface area contributed by atoms with Crippen LogP contribution in [0.15, 0.2) is 60.7 Å². The van der Waals surface area contributed by atoms with Crippen LogP contribution < -0.4 is 16.2 Å². The van der Waals surface area contributed by atoms with Crippen molar-refractivity contribution >= 4 is 23.1 Å². The van der Waals surface area contributed by atoms with Crippen LogP contribution in [-0.2, 0) is 6.42 Å². The van der Waals surface area contributed by atoms with Gasteiger partial charge >= 0.3 is 0 Å². The first kappa shape index (κ1) is 18.9. The van der Waals surface area contributed by atoms with Gasteiger partial charge in [-0.05, 0) is 87.9 Å². The SMILES string of the molecule is CCCC1CCC(C(=O)c2ccc(N)cc2)=c2ccc3c(c21)CC=c1ccccc1=3. The average Bonchev–Trinajstić information content (AvgIpc) is 2.79. The van der Waals surface area contributed by atoms with Crippen LogP contribution in [0.25, 0.3) is 11.6 Å². The fourth-order valence-electron chi connectivity index (χ4n) is 5.28. The lowest BCUT2D eigenvalue weighted by Gasteiger charge is -2.27. The number of nitrogen functional groups attached to an aromatic ring is 1.